The lowest BCUT2D eigenvalue weighted by atomic mass is 10.1. The Balaban J connectivity index is 3.21. The number of carbonyl (C=O) groups is 1. The first kappa shape index (κ1) is 9.07. The Bertz CT molecular complexity index is 307. The fourth-order valence-electron chi connectivity index (χ4n) is 1.01. The van der Waals surface area contributed by atoms with Crippen LogP contribution in [0.25, 0.3) is 0 Å². The molecule has 0 unspecified atom stereocenters. The standard InChI is InChI=1S/C9H9ClO2/c1-6-2-3-7(5-10)8(4-6)9(11)12/h2-4H,5H2,1H3,(H,11,12). The Labute approximate surface area is 75.8 Å². The third-order valence-electron chi connectivity index (χ3n) is 1.64. The van der Waals surface area contributed by atoms with Gasteiger partial charge in [-0.15, -0.1) is 11.6 Å². The van der Waals surface area contributed by atoms with E-state index in [1.54, 1.807) is 12.1 Å². The van der Waals surface area contributed by atoms with Crippen LogP contribution in [0.15, 0.2) is 18.2 Å². The number of benzene rings is 1. The van der Waals surface area contributed by atoms with E-state index in [1.165, 1.54) is 0 Å². The zero-order valence-corrected chi connectivity index (χ0v) is 7.43. The third-order valence-corrected chi connectivity index (χ3v) is 1.93. The highest BCUT2D eigenvalue weighted by molar-refractivity contribution is 6.17. The van der Waals surface area contributed by atoms with Gasteiger partial charge in [-0.25, -0.2) is 4.79 Å². The molecular formula is C9H9ClO2. The first-order chi connectivity index (χ1) is 5.65. The van der Waals surface area contributed by atoms with Crippen LogP contribution in [0.5, 0.6) is 0 Å². The summed E-state index contributed by atoms with van der Waals surface area (Å²) in [5, 5.41) is 8.76. The summed E-state index contributed by atoms with van der Waals surface area (Å²) in [5.74, 6) is -0.684. The molecule has 0 radical (unpaired) electrons. The van der Waals surface area contributed by atoms with Crippen LogP contribution >= 0.6 is 11.6 Å². The second-order valence-electron chi connectivity index (χ2n) is 2.60. The molecule has 0 saturated carbocycles. The lowest BCUT2D eigenvalue weighted by Crippen LogP contribution is -2.01. The summed E-state index contributed by atoms with van der Waals surface area (Å²) in [4.78, 5) is 10.7. The second-order valence-corrected chi connectivity index (χ2v) is 2.87. The van der Waals surface area contributed by atoms with Crippen molar-refractivity contribution in [1.82, 2.24) is 0 Å². The predicted molar refractivity (Wildman–Crippen MR) is 47.7 cm³/mol. The van der Waals surface area contributed by atoms with E-state index in [2.05, 4.69) is 0 Å². The molecule has 64 valence electrons. The summed E-state index contributed by atoms with van der Waals surface area (Å²) >= 11 is 5.57. The molecule has 12 heavy (non-hydrogen) atoms. The predicted octanol–water partition coefficient (Wildman–Crippen LogP) is 2.43. The molecule has 0 amide bonds. The fourth-order valence-corrected chi connectivity index (χ4v) is 1.24. The minimum atomic E-state index is -0.922. The number of aromatic carboxylic acids is 1. The minimum Gasteiger partial charge on any atom is -0.478 e. The fraction of sp³-hybridized carbons (Fsp3) is 0.222. The Morgan fingerprint density at radius 1 is 1.58 bits per heavy atom. The van der Waals surface area contributed by atoms with Crippen molar-refractivity contribution in [3.8, 4) is 0 Å². The van der Waals surface area contributed by atoms with Crippen LogP contribution in [0.1, 0.15) is 21.5 Å². The summed E-state index contributed by atoms with van der Waals surface area (Å²) in [7, 11) is 0. The summed E-state index contributed by atoms with van der Waals surface area (Å²) < 4.78 is 0. The van der Waals surface area contributed by atoms with Gasteiger partial charge in [0, 0.05) is 5.88 Å². The molecule has 0 aliphatic carbocycles. The van der Waals surface area contributed by atoms with Gasteiger partial charge in [-0.3, -0.25) is 0 Å². The van der Waals surface area contributed by atoms with Gasteiger partial charge in [-0.05, 0) is 18.6 Å². The van der Waals surface area contributed by atoms with E-state index in [1.807, 2.05) is 13.0 Å². The Hall–Kier alpha value is -1.02. The molecule has 0 aliphatic rings. The van der Waals surface area contributed by atoms with Crippen LogP contribution in [0.3, 0.4) is 0 Å². The average molecular weight is 185 g/mol. The zero-order chi connectivity index (χ0) is 9.14. The summed E-state index contributed by atoms with van der Waals surface area (Å²) in [6.07, 6.45) is 0. The molecule has 2 nitrogen and oxygen atoms in total. The molecule has 1 aromatic carbocycles. The van der Waals surface area contributed by atoms with E-state index in [0.717, 1.165) is 5.56 Å². The quantitative estimate of drug-likeness (QED) is 0.717. The highest BCUT2D eigenvalue weighted by Gasteiger charge is 2.08. The van der Waals surface area contributed by atoms with Crippen molar-refractivity contribution in [3.63, 3.8) is 0 Å². The van der Waals surface area contributed by atoms with Crippen molar-refractivity contribution < 1.29 is 9.90 Å². The minimum absolute atomic E-state index is 0.238. The smallest absolute Gasteiger partial charge is 0.336 e. The summed E-state index contributed by atoms with van der Waals surface area (Å²) in [5.41, 5.74) is 1.89. The number of hydrogen-bond donors (Lipinski definition) is 1. The second kappa shape index (κ2) is 3.59. The highest BCUT2D eigenvalue weighted by atomic mass is 35.5. The number of aryl methyl sites for hydroxylation is 1. The SMILES string of the molecule is Cc1ccc(CCl)c(C(=O)O)c1. The summed E-state index contributed by atoms with van der Waals surface area (Å²) in [6.45, 7) is 1.85. The molecule has 0 aromatic heterocycles. The van der Waals surface area contributed by atoms with E-state index >= 15 is 0 Å². The molecule has 1 rings (SSSR count). The van der Waals surface area contributed by atoms with Crippen molar-refractivity contribution >= 4 is 17.6 Å². The van der Waals surface area contributed by atoms with Crippen LogP contribution < -0.4 is 0 Å². The third kappa shape index (κ3) is 1.77. The molecule has 0 saturated heterocycles. The van der Waals surface area contributed by atoms with Crippen molar-refractivity contribution in [2.45, 2.75) is 12.8 Å². The molecular weight excluding hydrogens is 176 g/mol. The molecule has 0 spiro atoms. The Morgan fingerprint density at radius 2 is 2.25 bits per heavy atom. The van der Waals surface area contributed by atoms with Crippen molar-refractivity contribution in [3.05, 3.63) is 34.9 Å². The van der Waals surface area contributed by atoms with Gasteiger partial charge in [0.2, 0.25) is 0 Å². The van der Waals surface area contributed by atoms with Gasteiger partial charge in [0.05, 0.1) is 5.56 Å². The van der Waals surface area contributed by atoms with Gasteiger partial charge >= 0.3 is 5.97 Å². The lowest BCUT2D eigenvalue weighted by Gasteiger charge is -2.02. The van der Waals surface area contributed by atoms with Gasteiger partial charge in [0.15, 0.2) is 0 Å². The molecule has 1 N–H and O–H groups in total. The molecule has 0 atom stereocenters. The van der Waals surface area contributed by atoms with Gasteiger partial charge in [0.25, 0.3) is 0 Å². The van der Waals surface area contributed by atoms with E-state index < -0.39 is 5.97 Å². The average Bonchev–Trinajstić information content (AvgIpc) is 2.04. The first-order valence-corrected chi connectivity index (χ1v) is 4.07. The lowest BCUT2D eigenvalue weighted by molar-refractivity contribution is 0.0696. The number of alkyl halides is 1. The monoisotopic (exact) mass is 184 g/mol. The highest BCUT2D eigenvalue weighted by Crippen LogP contribution is 2.13. The van der Waals surface area contributed by atoms with E-state index in [-0.39, 0.29) is 5.88 Å². The number of rotatable bonds is 2. The van der Waals surface area contributed by atoms with Crippen LogP contribution in [-0.4, -0.2) is 11.1 Å². The van der Waals surface area contributed by atoms with Gasteiger partial charge in [0.1, 0.15) is 0 Å². The summed E-state index contributed by atoms with van der Waals surface area (Å²) in [6, 6.07) is 5.22. The topological polar surface area (TPSA) is 37.3 Å². The molecule has 3 heteroatoms. The molecule has 0 bridgehead atoms. The van der Waals surface area contributed by atoms with Gasteiger partial charge in [-0.2, -0.15) is 0 Å². The molecule has 0 fully saturated rings. The maximum Gasteiger partial charge on any atom is 0.336 e. The maximum absolute atomic E-state index is 10.7. The Kier molecular flexibility index (Phi) is 2.71. The maximum atomic E-state index is 10.7. The number of hydrogen-bond acceptors (Lipinski definition) is 1. The van der Waals surface area contributed by atoms with E-state index in [0.29, 0.717) is 11.1 Å². The number of halogens is 1. The first-order valence-electron chi connectivity index (χ1n) is 3.54. The van der Waals surface area contributed by atoms with Gasteiger partial charge < -0.3 is 5.11 Å². The van der Waals surface area contributed by atoms with Crippen molar-refractivity contribution in [1.29, 1.82) is 0 Å². The molecule has 1 aromatic rings. The number of carboxylic acid groups (broad SMARTS) is 1. The van der Waals surface area contributed by atoms with Crippen molar-refractivity contribution in [2.75, 3.05) is 0 Å². The van der Waals surface area contributed by atoms with Crippen molar-refractivity contribution in [2.24, 2.45) is 0 Å². The molecule has 0 heterocycles. The molecule has 0 aliphatic heterocycles. The Morgan fingerprint density at radius 3 is 2.75 bits per heavy atom. The largest absolute Gasteiger partial charge is 0.478 e. The van der Waals surface area contributed by atoms with E-state index in [9.17, 15) is 4.79 Å². The number of carboxylic acids is 1. The normalized spacial score (nSPS) is 9.83. The van der Waals surface area contributed by atoms with Crippen LogP contribution in [0.2, 0.25) is 0 Å². The van der Waals surface area contributed by atoms with Crippen LogP contribution in [-0.2, 0) is 5.88 Å². The van der Waals surface area contributed by atoms with Crippen LogP contribution in [0, 0.1) is 6.92 Å². The van der Waals surface area contributed by atoms with E-state index in [4.69, 9.17) is 16.7 Å². The van der Waals surface area contributed by atoms with Gasteiger partial charge in [-0.1, -0.05) is 17.7 Å². The zero-order valence-electron chi connectivity index (χ0n) is 6.67. The van der Waals surface area contributed by atoms with Crippen LogP contribution in [0.4, 0.5) is 0 Å².